The number of non-ortho nitro benzene ring substituents is 1. The Morgan fingerprint density at radius 3 is 2.44 bits per heavy atom. The summed E-state index contributed by atoms with van der Waals surface area (Å²) in [7, 11) is 1.42. The van der Waals surface area contributed by atoms with Gasteiger partial charge in [0.15, 0.2) is 11.5 Å². The molecule has 0 aliphatic rings. The largest absolute Gasteiger partial charge is 0.504 e. The smallest absolute Gasteiger partial charge is 0.271 e. The number of hydrogen-bond acceptors (Lipinski definition) is 7. The lowest BCUT2D eigenvalue weighted by Crippen LogP contribution is -2.18. The predicted molar refractivity (Wildman–Crippen MR) is 117 cm³/mol. The predicted octanol–water partition coefficient (Wildman–Crippen LogP) is 3.33. The number of rotatable bonds is 7. The number of amides is 2. The van der Waals surface area contributed by atoms with E-state index in [0.717, 1.165) is 6.07 Å². The Bertz CT molecular complexity index is 1210. The minimum Gasteiger partial charge on any atom is -0.504 e. The highest BCUT2D eigenvalue weighted by atomic mass is 16.6. The zero-order valence-corrected chi connectivity index (χ0v) is 16.8. The molecule has 0 fully saturated rings. The number of nitrogens with one attached hydrogen (secondary N) is 2. The maximum atomic E-state index is 12.4. The van der Waals surface area contributed by atoms with E-state index in [9.17, 15) is 24.8 Å². The van der Waals surface area contributed by atoms with E-state index >= 15 is 0 Å². The Hall–Kier alpha value is -4.73. The summed E-state index contributed by atoms with van der Waals surface area (Å²) < 4.78 is 5.01. The van der Waals surface area contributed by atoms with Crippen LogP contribution in [0.2, 0.25) is 0 Å². The van der Waals surface area contributed by atoms with Gasteiger partial charge in [0.1, 0.15) is 0 Å². The van der Waals surface area contributed by atoms with E-state index in [4.69, 9.17) is 4.74 Å². The van der Waals surface area contributed by atoms with Gasteiger partial charge in [0.25, 0.3) is 17.5 Å². The van der Waals surface area contributed by atoms with Gasteiger partial charge in [0.05, 0.1) is 18.2 Å². The van der Waals surface area contributed by atoms with Crippen LogP contribution < -0.4 is 15.5 Å². The number of phenolic OH excluding ortho intramolecular Hbond substituents is 1. The molecular weight excluding hydrogens is 416 g/mol. The van der Waals surface area contributed by atoms with Gasteiger partial charge in [-0.25, -0.2) is 5.43 Å². The molecule has 0 saturated carbocycles. The number of ether oxygens (including phenoxy) is 1. The number of hydrazone groups is 1. The van der Waals surface area contributed by atoms with Crippen LogP contribution in [-0.2, 0) is 0 Å². The standard InChI is InChI=1S/C22H18N4O6/c1-32-19-10-4-7-16(20(19)27)13-23-25-22(29)14-5-2-8-17(11-14)24-21(28)15-6-3-9-18(12-15)26(30)31/h2-13,27H,1H3,(H,24,28)(H,25,29)/b23-13+. The fraction of sp³-hybridized carbons (Fsp3) is 0.0455. The Kier molecular flexibility index (Phi) is 6.76. The Morgan fingerprint density at radius 1 is 1.03 bits per heavy atom. The molecular formula is C22H18N4O6. The van der Waals surface area contributed by atoms with Crippen LogP contribution >= 0.6 is 0 Å². The van der Waals surface area contributed by atoms with Crippen molar-refractivity contribution in [3.63, 3.8) is 0 Å². The normalized spacial score (nSPS) is 10.5. The number of para-hydroxylation sites is 1. The van der Waals surface area contributed by atoms with Gasteiger partial charge in [0, 0.05) is 34.5 Å². The minimum absolute atomic E-state index is 0.108. The Balaban J connectivity index is 1.68. The van der Waals surface area contributed by atoms with Gasteiger partial charge < -0.3 is 15.2 Å². The van der Waals surface area contributed by atoms with E-state index in [1.165, 1.54) is 43.7 Å². The first-order valence-electron chi connectivity index (χ1n) is 9.24. The molecule has 0 unspecified atom stereocenters. The van der Waals surface area contributed by atoms with Crippen LogP contribution in [0.4, 0.5) is 11.4 Å². The van der Waals surface area contributed by atoms with Crippen molar-refractivity contribution in [3.8, 4) is 11.5 Å². The van der Waals surface area contributed by atoms with Crippen LogP contribution in [-0.4, -0.2) is 35.2 Å². The van der Waals surface area contributed by atoms with Crippen molar-refractivity contribution in [2.75, 3.05) is 12.4 Å². The van der Waals surface area contributed by atoms with Crippen molar-refractivity contribution < 1.29 is 24.4 Å². The fourth-order valence-corrected chi connectivity index (χ4v) is 2.74. The summed E-state index contributed by atoms with van der Waals surface area (Å²) in [6.07, 6.45) is 1.27. The van der Waals surface area contributed by atoms with Gasteiger partial charge >= 0.3 is 0 Å². The van der Waals surface area contributed by atoms with Crippen molar-refractivity contribution in [2.24, 2.45) is 5.10 Å². The van der Waals surface area contributed by atoms with Gasteiger partial charge in [-0.15, -0.1) is 0 Å². The van der Waals surface area contributed by atoms with E-state index in [0.29, 0.717) is 11.3 Å². The van der Waals surface area contributed by atoms with Crippen molar-refractivity contribution in [1.82, 2.24) is 5.43 Å². The van der Waals surface area contributed by atoms with E-state index in [1.807, 2.05) is 0 Å². The van der Waals surface area contributed by atoms with E-state index in [1.54, 1.807) is 30.3 Å². The first-order valence-corrected chi connectivity index (χ1v) is 9.24. The van der Waals surface area contributed by atoms with Gasteiger partial charge in [-0.1, -0.05) is 18.2 Å². The first kappa shape index (κ1) is 22.0. The molecule has 0 atom stereocenters. The van der Waals surface area contributed by atoms with Gasteiger partial charge in [-0.3, -0.25) is 19.7 Å². The van der Waals surface area contributed by atoms with Crippen molar-refractivity contribution in [2.45, 2.75) is 0 Å². The van der Waals surface area contributed by atoms with E-state index in [2.05, 4.69) is 15.8 Å². The summed E-state index contributed by atoms with van der Waals surface area (Å²) in [5, 5.41) is 27.3. The third-order valence-corrected chi connectivity index (χ3v) is 4.32. The second-order valence-electron chi connectivity index (χ2n) is 6.44. The maximum absolute atomic E-state index is 12.4. The molecule has 10 nitrogen and oxygen atoms in total. The number of carbonyl (C=O) groups excluding carboxylic acids is 2. The number of carbonyl (C=O) groups is 2. The van der Waals surface area contributed by atoms with Gasteiger partial charge in [-0.05, 0) is 36.4 Å². The van der Waals surface area contributed by atoms with Gasteiger partial charge in [-0.2, -0.15) is 5.10 Å². The van der Waals surface area contributed by atoms with Crippen LogP contribution in [0.25, 0.3) is 0 Å². The molecule has 3 rings (SSSR count). The Morgan fingerprint density at radius 2 is 1.72 bits per heavy atom. The molecule has 0 radical (unpaired) electrons. The summed E-state index contributed by atoms with van der Waals surface area (Å²) in [5.41, 5.74) is 3.13. The van der Waals surface area contributed by atoms with E-state index in [-0.39, 0.29) is 28.3 Å². The van der Waals surface area contributed by atoms with Crippen LogP contribution in [0.1, 0.15) is 26.3 Å². The molecule has 0 bridgehead atoms. The molecule has 32 heavy (non-hydrogen) atoms. The zero-order valence-electron chi connectivity index (χ0n) is 16.8. The molecule has 0 saturated heterocycles. The monoisotopic (exact) mass is 434 g/mol. The number of nitro benzene ring substituents is 1. The maximum Gasteiger partial charge on any atom is 0.271 e. The van der Waals surface area contributed by atoms with Crippen LogP contribution in [0.3, 0.4) is 0 Å². The highest BCUT2D eigenvalue weighted by Gasteiger charge is 2.13. The average Bonchev–Trinajstić information content (AvgIpc) is 2.80. The highest BCUT2D eigenvalue weighted by Crippen LogP contribution is 2.27. The number of methoxy groups -OCH3 is 1. The van der Waals surface area contributed by atoms with Crippen molar-refractivity contribution in [1.29, 1.82) is 0 Å². The average molecular weight is 434 g/mol. The third-order valence-electron chi connectivity index (χ3n) is 4.32. The van der Waals surface area contributed by atoms with Crippen LogP contribution in [0, 0.1) is 10.1 Å². The number of nitro groups is 1. The lowest BCUT2D eigenvalue weighted by atomic mass is 10.1. The summed E-state index contributed by atoms with van der Waals surface area (Å²) in [6.45, 7) is 0. The molecule has 3 N–H and O–H groups in total. The molecule has 0 aromatic heterocycles. The second kappa shape index (κ2) is 9.85. The summed E-state index contributed by atoms with van der Waals surface area (Å²) in [5.74, 6) is -0.945. The lowest BCUT2D eigenvalue weighted by molar-refractivity contribution is -0.384. The molecule has 10 heteroatoms. The van der Waals surface area contributed by atoms with Crippen LogP contribution in [0.15, 0.2) is 71.8 Å². The molecule has 2 amide bonds. The molecule has 0 heterocycles. The third kappa shape index (κ3) is 5.25. The fourth-order valence-electron chi connectivity index (χ4n) is 2.74. The molecule has 3 aromatic rings. The molecule has 0 spiro atoms. The molecule has 0 aliphatic carbocycles. The second-order valence-corrected chi connectivity index (χ2v) is 6.44. The molecule has 0 aliphatic heterocycles. The number of nitrogens with zero attached hydrogens (tertiary/aromatic N) is 2. The summed E-state index contributed by atoms with van der Waals surface area (Å²) in [4.78, 5) is 35.1. The lowest BCUT2D eigenvalue weighted by Gasteiger charge is -2.07. The minimum atomic E-state index is -0.590. The molecule has 162 valence electrons. The number of hydrogen-bond donors (Lipinski definition) is 3. The number of anilines is 1. The zero-order chi connectivity index (χ0) is 23.1. The SMILES string of the molecule is COc1cccc(/C=N/NC(=O)c2cccc(NC(=O)c3cccc([N+](=O)[O-])c3)c2)c1O. The number of phenols is 1. The highest BCUT2D eigenvalue weighted by molar-refractivity contribution is 6.05. The molecule has 3 aromatic carbocycles. The quantitative estimate of drug-likeness (QED) is 0.296. The van der Waals surface area contributed by atoms with Crippen molar-refractivity contribution >= 4 is 29.4 Å². The first-order chi connectivity index (χ1) is 15.4. The topological polar surface area (TPSA) is 143 Å². The van der Waals surface area contributed by atoms with Crippen molar-refractivity contribution in [3.05, 3.63) is 93.5 Å². The number of aromatic hydroxyl groups is 1. The van der Waals surface area contributed by atoms with Crippen LogP contribution in [0.5, 0.6) is 11.5 Å². The van der Waals surface area contributed by atoms with Gasteiger partial charge in [0.2, 0.25) is 0 Å². The number of benzene rings is 3. The van der Waals surface area contributed by atoms with E-state index < -0.39 is 16.7 Å². The Labute approximate surface area is 182 Å². The summed E-state index contributed by atoms with van der Waals surface area (Å²) in [6, 6.07) is 16.2. The summed E-state index contributed by atoms with van der Waals surface area (Å²) >= 11 is 0.